The van der Waals surface area contributed by atoms with Gasteiger partial charge < -0.3 is 20.3 Å². The fourth-order valence-corrected chi connectivity index (χ4v) is 4.66. The monoisotopic (exact) mass is 487 g/mol. The Kier molecular flexibility index (Phi) is 9.76. The second kappa shape index (κ2) is 11.9. The normalized spacial score (nSPS) is 15.8. The minimum Gasteiger partial charge on any atom is -0.444 e. The summed E-state index contributed by atoms with van der Waals surface area (Å²) in [7, 11) is 0. The van der Waals surface area contributed by atoms with Crippen molar-refractivity contribution in [3.63, 3.8) is 0 Å². The molecule has 0 heterocycles. The van der Waals surface area contributed by atoms with Crippen molar-refractivity contribution < 1.29 is 19.1 Å². The van der Waals surface area contributed by atoms with Crippen LogP contribution < -0.4 is 10.6 Å². The fourth-order valence-electron chi connectivity index (χ4n) is 4.66. The summed E-state index contributed by atoms with van der Waals surface area (Å²) in [5.41, 5.74) is 1.55. The number of carbonyl (C=O) groups is 3. The summed E-state index contributed by atoms with van der Waals surface area (Å²) in [4.78, 5) is 41.4. The van der Waals surface area contributed by atoms with Crippen LogP contribution in [0, 0.1) is 13.8 Å². The lowest BCUT2D eigenvalue weighted by molar-refractivity contribution is -0.147. The van der Waals surface area contributed by atoms with Crippen molar-refractivity contribution in [2.45, 2.75) is 117 Å². The van der Waals surface area contributed by atoms with E-state index in [1.54, 1.807) is 25.7 Å². The molecule has 1 fully saturated rings. The van der Waals surface area contributed by atoms with Crippen LogP contribution >= 0.6 is 0 Å². The third kappa shape index (κ3) is 8.55. The van der Waals surface area contributed by atoms with Gasteiger partial charge in [0.1, 0.15) is 18.2 Å². The molecule has 1 atom stereocenters. The number of hydrogen-bond acceptors (Lipinski definition) is 4. The van der Waals surface area contributed by atoms with Gasteiger partial charge in [-0.1, -0.05) is 55.5 Å². The van der Waals surface area contributed by atoms with E-state index < -0.39 is 23.3 Å². The molecule has 0 saturated heterocycles. The van der Waals surface area contributed by atoms with E-state index in [0.29, 0.717) is 6.42 Å². The van der Waals surface area contributed by atoms with Crippen molar-refractivity contribution in [1.82, 2.24) is 15.5 Å². The highest BCUT2D eigenvalue weighted by atomic mass is 16.6. The van der Waals surface area contributed by atoms with Crippen LogP contribution in [-0.2, 0) is 14.3 Å². The Morgan fingerprint density at radius 2 is 1.57 bits per heavy atom. The number of ether oxygens (including phenoxy) is 1. The number of benzene rings is 1. The van der Waals surface area contributed by atoms with E-state index in [9.17, 15) is 14.4 Å². The number of carbonyl (C=O) groups excluding carboxylic acids is 3. The van der Waals surface area contributed by atoms with Crippen LogP contribution in [0.25, 0.3) is 0 Å². The van der Waals surface area contributed by atoms with Gasteiger partial charge in [-0.25, -0.2) is 4.79 Å². The molecule has 0 radical (unpaired) electrons. The van der Waals surface area contributed by atoms with E-state index >= 15 is 0 Å². The summed E-state index contributed by atoms with van der Waals surface area (Å²) >= 11 is 0. The molecule has 1 aliphatic rings. The predicted octanol–water partition coefficient (Wildman–Crippen LogP) is 5.34. The molecule has 3 amide bonds. The van der Waals surface area contributed by atoms with Crippen molar-refractivity contribution in [3.05, 3.63) is 34.9 Å². The molecule has 1 unspecified atom stereocenters. The summed E-state index contributed by atoms with van der Waals surface area (Å²) in [6.07, 6.45) is 5.28. The topological polar surface area (TPSA) is 87.7 Å². The zero-order valence-corrected chi connectivity index (χ0v) is 22.9. The van der Waals surface area contributed by atoms with Crippen LogP contribution in [-0.4, -0.2) is 46.5 Å². The van der Waals surface area contributed by atoms with Gasteiger partial charge in [0.15, 0.2) is 0 Å². The molecule has 2 rings (SSSR count). The zero-order chi connectivity index (χ0) is 26.4. The molecular weight excluding hydrogens is 442 g/mol. The van der Waals surface area contributed by atoms with Crippen LogP contribution in [0.3, 0.4) is 0 Å². The van der Waals surface area contributed by atoms with Gasteiger partial charge in [-0.3, -0.25) is 9.59 Å². The summed E-state index contributed by atoms with van der Waals surface area (Å²) in [5.74, 6) is -0.500. The van der Waals surface area contributed by atoms with Gasteiger partial charge in [0, 0.05) is 11.6 Å². The van der Waals surface area contributed by atoms with Crippen molar-refractivity contribution in [1.29, 1.82) is 0 Å². The Hall–Kier alpha value is -2.57. The molecule has 2 N–H and O–H groups in total. The number of alkyl carbamates (subject to hydrolysis) is 1. The number of nitrogens with one attached hydrogen (secondary N) is 2. The quantitative estimate of drug-likeness (QED) is 0.518. The van der Waals surface area contributed by atoms with E-state index in [2.05, 4.69) is 16.7 Å². The molecular formula is C28H45N3O4. The second-order valence-corrected chi connectivity index (χ2v) is 11.5. The first kappa shape index (κ1) is 28.7. The lowest BCUT2D eigenvalue weighted by Crippen LogP contribution is -2.57. The standard InChI is InChI=1S/C28H45N3O4/c1-9-28(7,8)31(23(32)18-29-26(34)35-27(4,5)6)24(21-16-19(2)15-20(3)17-21)25(33)30-22-13-11-10-12-14-22/h15-17,22,24H,9-14,18H2,1-8H3,(H,29,34)(H,30,33). The fraction of sp³-hybridized carbons (Fsp3) is 0.679. The Morgan fingerprint density at radius 1 is 1.00 bits per heavy atom. The van der Waals surface area contributed by atoms with Crippen LogP contribution in [0.2, 0.25) is 0 Å². The lowest BCUT2D eigenvalue weighted by atomic mass is 9.90. The molecule has 0 aliphatic heterocycles. The first-order valence-corrected chi connectivity index (χ1v) is 12.9. The average Bonchev–Trinajstić information content (AvgIpc) is 2.74. The van der Waals surface area contributed by atoms with Gasteiger partial charge >= 0.3 is 6.09 Å². The first-order valence-electron chi connectivity index (χ1n) is 12.9. The number of rotatable bonds is 8. The van der Waals surface area contributed by atoms with E-state index in [-0.39, 0.29) is 24.4 Å². The number of hydrogen-bond donors (Lipinski definition) is 2. The molecule has 1 saturated carbocycles. The van der Waals surface area contributed by atoms with E-state index in [4.69, 9.17) is 4.74 Å². The van der Waals surface area contributed by atoms with Gasteiger partial charge in [0.05, 0.1) is 0 Å². The largest absolute Gasteiger partial charge is 0.444 e. The van der Waals surface area contributed by atoms with Crippen LogP contribution in [0.15, 0.2) is 18.2 Å². The van der Waals surface area contributed by atoms with Crippen molar-refractivity contribution in [2.24, 2.45) is 0 Å². The van der Waals surface area contributed by atoms with Crippen LogP contribution in [0.1, 0.15) is 103 Å². The van der Waals surface area contributed by atoms with Crippen LogP contribution in [0.4, 0.5) is 4.79 Å². The third-order valence-corrected chi connectivity index (χ3v) is 6.59. The van der Waals surface area contributed by atoms with Gasteiger partial charge in [-0.05, 0) is 73.3 Å². The molecule has 0 spiro atoms. The SMILES string of the molecule is CCC(C)(C)N(C(=O)CNC(=O)OC(C)(C)C)C(C(=O)NC1CCCCC1)c1cc(C)cc(C)c1. The van der Waals surface area contributed by atoms with Gasteiger partial charge in [0.25, 0.3) is 0 Å². The maximum Gasteiger partial charge on any atom is 0.408 e. The van der Waals surface area contributed by atoms with Gasteiger partial charge in [-0.15, -0.1) is 0 Å². The molecule has 0 aromatic heterocycles. The maximum atomic E-state index is 13.9. The van der Waals surface area contributed by atoms with Crippen molar-refractivity contribution >= 4 is 17.9 Å². The molecule has 1 aliphatic carbocycles. The number of nitrogens with zero attached hydrogens (tertiary/aromatic N) is 1. The minimum absolute atomic E-state index is 0.117. The number of aryl methyl sites for hydroxylation is 2. The average molecular weight is 488 g/mol. The third-order valence-electron chi connectivity index (χ3n) is 6.59. The van der Waals surface area contributed by atoms with Gasteiger partial charge in [0.2, 0.25) is 11.8 Å². The maximum absolute atomic E-state index is 13.9. The number of amides is 3. The summed E-state index contributed by atoms with van der Waals surface area (Å²) in [5, 5.41) is 5.82. The van der Waals surface area contributed by atoms with Crippen molar-refractivity contribution in [2.75, 3.05) is 6.54 Å². The summed E-state index contributed by atoms with van der Waals surface area (Å²) in [6.45, 7) is 15.0. The first-order chi connectivity index (χ1) is 16.2. The van der Waals surface area contributed by atoms with E-state index in [1.165, 1.54) is 6.42 Å². The Labute approximate surface area is 211 Å². The Balaban J connectivity index is 2.43. The minimum atomic E-state index is -0.807. The highest BCUT2D eigenvalue weighted by Crippen LogP contribution is 2.33. The molecule has 35 heavy (non-hydrogen) atoms. The van der Waals surface area contributed by atoms with E-state index in [1.807, 2.05) is 46.8 Å². The Bertz CT molecular complexity index is 878. The smallest absolute Gasteiger partial charge is 0.408 e. The lowest BCUT2D eigenvalue weighted by Gasteiger charge is -2.43. The second-order valence-electron chi connectivity index (χ2n) is 11.5. The molecule has 7 nitrogen and oxygen atoms in total. The highest BCUT2D eigenvalue weighted by molar-refractivity contribution is 5.91. The van der Waals surface area contributed by atoms with E-state index in [0.717, 1.165) is 42.4 Å². The Morgan fingerprint density at radius 3 is 2.09 bits per heavy atom. The highest BCUT2D eigenvalue weighted by Gasteiger charge is 2.40. The molecule has 7 heteroatoms. The van der Waals surface area contributed by atoms with Crippen LogP contribution in [0.5, 0.6) is 0 Å². The van der Waals surface area contributed by atoms with Crippen molar-refractivity contribution in [3.8, 4) is 0 Å². The van der Waals surface area contributed by atoms with Gasteiger partial charge in [-0.2, -0.15) is 0 Å². The molecule has 0 bridgehead atoms. The molecule has 1 aromatic carbocycles. The summed E-state index contributed by atoms with van der Waals surface area (Å²) < 4.78 is 5.30. The predicted molar refractivity (Wildman–Crippen MR) is 139 cm³/mol. The summed E-state index contributed by atoms with van der Waals surface area (Å²) in [6, 6.07) is 5.32. The molecule has 196 valence electrons. The zero-order valence-electron chi connectivity index (χ0n) is 22.9. The molecule has 1 aromatic rings.